The number of carbonyl (C=O) groups excluding carboxylic acids is 1. The van der Waals surface area contributed by atoms with E-state index in [1.807, 2.05) is 12.1 Å². The summed E-state index contributed by atoms with van der Waals surface area (Å²) in [5.41, 5.74) is 1.21. The third-order valence-corrected chi connectivity index (χ3v) is 6.14. The van der Waals surface area contributed by atoms with Crippen LogP contribution >= 0.6 is 11.6 Å². The van der Waals surface area contributed by atoms with Crippen molar-refractivity contribution < 1.29 is 23.0 Å². The van der Waals surface area contributed by atoms with Crippen molar-refractivity contribution in [3.8, 4) is 11.6 Å². The molecule has 0 bridgehead atoms. The molecule has 0 aliphatic carbocycles. The molecule has 1 aromatic heterocycles. The Labute approximate surface area is 183 Å². The van der Waals surface area contributed by atoms with Gasteiger partial charge in [0.05, 0.1) is 12.6 Å². The Hall–Kier alpha value is -2.39. The number of fused-ring (bicyclic) bond motifs is 2. The number of nitrogens with zero attached hydrogens (tertiary/aromatic N) is 3. The van der Waals surface area contributed by atoms with Crippen molar-refractivity contribution >= 4 is 17.5 Å². The second-order valence-electron chi connectivity index (χ2n) is 8.40. The van der Waals surface area contributed by atoms with Gasteiger partial charge in [0.1, 0.15) is 18.5 Å². The summed E-state index contributed by atoms with van der Waals surface area (Å²) in [5, 5.41) is 7.93. The number of ether oxygens (including phenoxy) is 2. The van der Waals surface area contributed by atoms with Crippen molar-refractivity contribution in [2.75, 3.05) is 26.2 Å². The lowest BCUT2D eigenvalue weighted by molar-refractivity contribution is 0.00653. The van der Waals surface area contributed by atoms with E-state index < -0.39 is 5.92 Å². The number of halogens is 3. The van der Waals surface area contributed by atoms with Crippen LogP contribution in [0.25, 0.3) is 0 Å². The number of amides is 1. The standard InChI is InChI=1S/C21H23ClF2N4O3/c22-14-1-2-18-13(7-14)8-15(11-30-18)25-20(29)17-9-19-28(26-17)5-3-16(31-19)10-27-6-4-21(23,24)12-27/h1-2,7,9,15-16H,3-6,8,10-12H2,(H,25,29)/t15-,16+/m1/s1. The van der Waals surface area contributed by atoms with Crippen LogP contribution in [0, 0.1) is 0 Å². The number of aryl methyl sites for hydroxylation is 1. The Morgan fingerprint density at radius 1 is 1.32 bits per heavy atom. The number of carbonyl (C=O) groups is 1. The first-order chi connectivity index (χ1) is 14.8. The minimum absolute atomic E-state index is 0.108. The van der Waals surface area contributed by atoms with Gasteiger partial charge in [0.2, 0.25) is 5.88 Å². The maximum absolute atomic E-state index is 13.4. The van der Waals surface area contributed by atoms with E-state index in [2.05, 4.69) is 10.4 Å². The molecule has 10 heteroatoms. The Balaban J connectivity index is 1.19. The molecular formula is C21H23ClF2N4O3. The van der Waals surface area contributed by atoms with Crippen LogP contribution in [0.3, 0.4) is 0 Å². The molecule has 166 valence electrons. The molecular weight excluding hydrogens is 430 g/mol. The Bertz CT molecular complexity index is 999. The van der Waals surface area contributed by atoms with Crippen molar-refractivity contribution in [1.82, 2.24) is 20.0 Å². The maximum atomic E-state index is 13.4. The minimum Gasteiger partial charge on any atom is -0.491 e. The fraction of sp³-hybridized carbons (Fsp3) is 0.524. The van der Waals surface area contributed by atoms with Gasteiger partial charge in [-0.05, 0) is 30.2 Å². The molecule has 1 N–H and O–H groups in total. The van der Waals surface area contributed by atoms with Gasteiger partial charge in [0.15, 0.2) is 5.69 Å². The van der Waals surface area contributed by atoms with Crippen molar-refractivity contribution in [3.63, 3.8) is 0 Å². The average Bonchev–Trinajstić information content (AvgIpc) is 3.30. The summed E-state index contributed by atoms with van der Waals surface area (Å²) < 4.78 is 40.1. The number of hydrogen-bond donors (Lipinski definition) is 1. The number of alkyl halides is 2. The highest BCUT2D eigenvalue weighted by atomic mass is 35.5. The van der Waals surface area contributed by atoms with Crippen molar-refractivity contribution in [2.45, 2.75) is 43.9 Å². The molecule has 2 aromatic rings. The summed E-state index contributed by atoms with van der Waals surface area (Å²) in [5.74, 6) is -1.65. The minimum atomic E-state index is -2.61. The quantitative estimate of drug-likeness (QED) is 0.772. The summed E-state index contributed by atoms with van der Waals surface area (Å²) in [6, 6.07) is 6.86. The zero-order valence-corrected chi connectivity index (χ0v) is 17.6. The number of likely N-dealkylation sites (tertiary alicyclic amines) is 1. The fourth-order valence-corrected chi connectivity index (χ4v) is 4.55. The fourth-order valence-electron chi connectivity index (χ4n) is 4.36. The van der Waals surface area contributed by atoms with Gasteiger partial charge in [0, 0.05) is 43.6 Å². The Morgan fingerprint density at radius 2 is 2.19 bits per heavy atom. The molecule has 0 radical (unpaired) electrons. The largest absolute Gasteiger partial charge is 0.491 e. The Morgan fingerprint density at radius 3 is 3.00 bits per heavy atom. The first-order valence-corrected chi connectivity index (χ1v) is 10.8. The first-order valence-electron chi connectivity index (χ1n) is 10.4. The smallest absolute Gasteiger partial charge is 0.272 e. The van der Waals surface area contributed by atoms with Crippen molar-refractivity contribution in [2.24, 2.45) is 0 Å². The van der Waals surface area contributed by atoms with E-state index in [4.69, 9.17) is 21.1 Å². The lowest BCUT2D eigenvalue weighted by Crippen LogP contribution is -2.42. The van der Waals surface area contributed by atoms with E-state index in [-0.39, 0.29) is 36.7 Å². The van der Waals surface area contributed by atoms with E-state index in [0.717, 1.165) is 11.3 Å². The normalized spacial score (nSPS) is 24.6. The van der Waals surface area contributed by atoms with E-state index >= 15 is 0 Å². The van der Waals surface area contributed by atoms with Gasteiger partial charge >= 0.3 is 0 Å². The van der Waals surface area contributed by atoms with Crippen LogP contribution in [-0.4, -0.2) is 64.9 Å². The lowest BCUT2D eigenvalue weighted by atomic mass is 10.0. The van der Waals surface area contributed by atoms with Crippen molar-refractivity contribution in [1.29, 1.82) is 0 Å². The van der Waals surface area contributed by atoms with Gasteiger partial charge in [-0.2, -0.15) is 5.10 Å². The van der Waals surface area contributed by atoms with Crippen LogP contribution in [0.15, 0.2) is 24.3 Å². The molecule has 0 unspecified atom stereocenters. The van der Waals surface area contributed by atoms with Crippen molar-refractivity contribution in [3.05, 3.63) is 40.5 Å². The van der Waals surface area contributed by atoms with E-state index in [1.54, 1.807) is 21.7 Å². The number of hydrogen-bond acceptors (Lipinski definition) is 5. The SMILES string of the molecule is O=C(N[C@H]1COc2ccc(Cl)cc2C1)c1cc2n(n1)CC[C@@H](CN1CCC(F)(F)C1)O2. The molecule has 2 atom stereocenters. The van der Waals surface area contributed by atoms with Crippen LogP contribution in [0.5, 0.6) is 11.6 Å². The molecule has 0 spiro atoms. The van der Waals surface area contributed by atoms with Gasteiger partial charge in [-0.1, -0.05) is 11.6 Å². The summed E-state index contributed by atoms with van der Waals surface area (Å²) in [6.07, 6.45) is 0.978. The number of aromatic nitrogens is 2. The molecule has 4 heterocycles. The molecule has 7 nitrogen and oxygen atoms in total. The third-order valence-electron chi connectivity index (χ3n) is 5.90. The zero-order valence-electron chi connectivity index (χ0n) is 16.8. The van der Waals surface area contributed by atoms with E-state index in [0.29, 0.717) is 50.0 Å². The molecule has 5 rings (SSSR count). The van der Waals surface area contributed by atoms with E-state index in [9.17, 15) is 13.6 Å². The van der Waals surface area contributed by atoms with Crippen LogP contribution in [0.2, 0.25) is 5.02 Å². The monoisotopic (exact) mass is 452 g/mol. The second-order valence-corrected chi connectivity index (χ2v) is 8.83. The molecule has 1 aromatic carbocycles. The van der Waals surface area contributed by atoms with Crippen LogP contribution in [0.4, 0.5) is 8.78 Å². The Kier molecular flexibility index (Phi) is 5.26. The summed E-state index contributed by atoms with van der Waals surface area (Å²) in [6.45, 7) is 1.54. The molecule has 0 saturated carbocycles. The number of nitrogens with one attached hydrogen (secondary N) is 1. The summed E-state index contributed by atoms with van der Waals surface area (Å²) in [7, 11) is 0. The molecule has 31 heavy (non-hydrogen) atoms. The molecule has 1 fully saturated rings. The maximum Gasteiger partial charge on any atom is 0.272 e. The number of rotatable bonds is 4. The topological polar surface area (TPSA) is 68.6 Å². The van der Waals surface area contributed by atoms with Crippen LogP contribution in [-0.2, 0) is 13.0 Å². The average molecular weight is 453 g/mol. The lowest BCUT2D eigenvalue weighted by Gasteiger charge is -2.28. The highest BCUT2D eigenvalue weighted by Crippen LogP contribution is 2.30. The molecule has 1 saturated heterocycles. The first kappa shape index (κ1) is 20.5. The zero-order chi connectivity index (χ0) is 21.6. The second kappa shape index (κ2) is 7.94. The third kappa shape index (κ3) is 4.48. The molecule has 3 aliphatic rings. The highest BCUT2D eigenvalue weighted by molar-refractivity contribution is 6.30. The summed E-state index contributed by atoms with van der Waals surface area (Å²) in [4.78, 5) is 14.5. The van der Waals surface area contributed by atoms with Crippen LogP contribution in [0.1, 0.15) is 28.9 Å². The van der Waals surface area contributed by atoms with E-state index in [1.165, 1.54) is 0 Å². The van der Waals surface area contributed by atoms with Gasteiger partial charge in [-0.15, -0.1) is 0 Å². The predicted molar refractivity (Wildman–Crippen MR) is 109 cm³/mol. The van der Waals surface area contributed by atoms with Gasteiger partial charge < -0.3 is 14.8 Å². The van der Waals surface area contributed by atoms with Gasteiger partial charge in [-0.25, -0.2) is 13.5 Å². The van der Waals surface area contributed by atoms with Gasteiger partial charge in [-0.3, -0.25) is 9.69 Å². The predicted octanol–water partition coefficient (Wildman–Crippen LogP) is 2.76. The number of benzene rings is 1. The molecule has 3 aliphatic heterocycles. The summed E-state index contributed by atoms with van der Waals surface area (Å²) >= 11 is 6.05. The molecule has 1 amide bonds. The van der Waals surface area contributed by atoms with Gasteiger partial charge in [0.25, 0.3) is 11.8 Å². The van der Waals surface area contributed by atoms with Crippen LogP contribution < -0.4 is 14.8 Å². The highest BCUT2D eigenvalue weighted by Gasteiger charge is 2.39.